The lowest BCUT2D eigenvalue weighted by molar-refractivity contribution is 0.295. The zero-order valence-electron chi connectivity index (χ0n) is 14.2. The monoisotopic (exact) mass is 292 g/mol. The quantitative estimate of drug-likeness (QED) is 0.650. The van der Waals surface area contributed by atoms with Gasteiger partial charge in [0.15, 0.2) is 0 Å². The molecular formula is C17H32N4. The van der Waals surface area contributed by atoms with Crippen molar-refractivity contribution in [3.63, 3.8) is 0 Å². The normalized spacial score (nSPS) is 12.4. The number of hydrogen-bond acceptors (Lipinski definition) is 4. The van der Waals surface area contributed by atoms with E-state index >= 15 is 0 Å². The molecule has 1 heterocycles. The minimum atomic E-state index is 0.488. The van der Waals surface area contributed by atoms with Crippen molar-refractivity contribution in [1.29, 1.82) is 0 Å². The van der Waals surface area contributed by atoms with E-state index in [0.29, 0.717) is 6.04 Å². The van der Waals surface area contributed by atoms with E-state index in [4.69, 9.17) is 0 Å². The van der Waals surface area contributed by atoms with E-state index in [1.807, 2.05) is 12.3 Å². The first-order chi connectivity index (χ1) is 10.2. The van der Waals surface area contributed by atoms with Gasteiger partial charge in [0, 0.05) is 30.5 Å². The summed E-state index contributed by atoms with van der Waals surface area (Å²) in [6.07, 6.45) is 5.41. The second-order valence-electron chi connectivity index (χ2n) is 5.57. The van der Waals surface area contributed by atoms with E-state index in [1.54, 1.807) is 0 Å². The molecular weight excluding hydrogens is 260 g/mol. The highest BCUT2D eigenvalue weighted by molar-refractivity contribution is 5.52. The van der Waals surface area contributed by atoms with Crippen LogP contribution in [-0.4, -0.2) is 42.1 Å². The summed E-state index contributed by atoms with van der Waals surface area (Å²) in [5.41, 5.74) is 1.15. The van der Waals surface area contributed by atoms with Gasteiger partial charge in [-0.15, -0.1) is 0 Å². The molecule has 1 aromatic heterocycles. The van der Waals surface area contributed by atoms with Crippen molar-refractivity contribution in [1.82, 2.24) is 9.88 Å². The fraction of sp³-hybridized carbons (Fsp3) is 0.706. The molecule has 0 aliphatic heterocycles. The van der Waals surface area contributed by atoms with Crippen molar-refractivity contribution in [3.8, 4) is 0 Å². The van der Waals surface area contributed by atoms with Crippen molar-refractivity contribution < 1.29 is 0 Å². The molecule has 1 rings (SSSR count). The van der Waals surface area contributed by atoms with E-state index in [2.05, 4.69) is 54.3 Å². The number of nitrogens with zero attached hydrogens (tertiary/aromatic N) is 2. The third-order valence-electron chi connectivity index (χ3n) is 3.74. The molecule has 0 aliphatic rings. The third-order valence-corrected chi connectivity index (χ3v) is 3.74. The Kier molecular flexibility index (Phi) is 8.83. The van der Waals surface area contributed by atoms with Crippen molar-refractivity contribution in [3.05, 3.63) is 18.3 Å². The van der Waals surface area contributed by atoms with E-state index in [1.165, 1.54) is 19.4 Å². The van der Waals surface area contributed by atoms with Gasteiger partial charge in [-0.2, -0.15) is 0 Å². The van der Waals surface area contributed by atoms with Gasteiger partial charge in [0.25, 0.3) is 0 Å². The van der Waals surface area contributed by atoms with Gasteiger partial charge >= 0.3 is 0 Å². The number of rotatable bonds is 11. The predicted molar refractivity (Wildman–Crippen MR) is 93.1 cm³/mol. The molecule has 0 aliphatic carbocycles. The van der Waals surface area contributed by atoms with E-state index in [-0.39, 0.29) is 0 Å². The second-order valence-corrected chi connectivity index (χ2v) is 5.57. The highest BCUT2D eigenvalue weighted by Crippen LogP contribution is 2.14. The summed E-state index contributed by atoms with van der Waals surface area (Å²) in [6, 6.07) is 4.62. The average Bonchev–Trinajstić information content (AvgIpc) is 2.50. The van der Waals surface area contributed by atoms with Gasteiger partial charge in [0.1, 0.15) is 5.82 Å². The summed E-state index contributed by atoms with van der Waals surface area (Å²) >= 11 is 0. The largest absolute Gasteiger partial charge is 0.382 e. The Morgan fingerprint density at radius 2 is 2.00 bits per heavy atom. The molecule has 21 heavy (non-hydrogen) atoms. The SMILES string of the molecule is CCCNc1cc(NC(C)CCCN(CC)CC)ccn1. The third kappa shape index (κ3) is 7.32. The van der Waals surface area contributed by atoms with Crippen LogP contribution in [0.15, 0.2) is 18.3 Å². The molecule has 1 atom stereocenters. The van der Waals surface area contributed by atoms with Gasteiger partial charge < -0.3 is 15.5 Å². The zero-order valence-corrected chi connectivity index (χ0v) is 14.2. The van der Waals surface area contributed by atoms with Crippen molar-refractivity contribution >= 4 is 11.5 Å². The van der Waals surface area contributed by atoms with Crippen LogP contribution in [0.2, 0.25) is 0 Å². The lowest BCUT2D eigenvalue weighted by Crippen LogP contribution is -2.25. The lowest BCUT2D eigenvalue weighted by Gasteiger charge is -2.20. The van der Waals surface area contributed by atoms with Crippen LogP contribution in [-0.2, 0) is 0 Å². The minimum absolute atomic E-state index is 0.488. The number of anilines is 2. The molecule has 4 nitrogen and oxygen atoms in total. The topological polar surface area (TPSA) is 40.2 Å². The van der Waals surface area contributed by atoms with Gasteiger partial charge in [0.2, 0.25) is 0 Å². The predicted octanol–water partition coefficient (Wildman–Crippen LogP) is 3.83. The van der Waals surface area contributed by atoms with Crippen LogP contribution in [0.1, 0.15) is 47.0 Å². The van der Waals surface area contributed by atoms with Crippen LogP contribution in [0.4, 0.5) is 11.5 Å². The molecule has 2 N–H and O–H groups in total. The van der Waals surface area contributed by atoms with Crippen molar-refractivity contribution in [2.24, 2.45) is 0 Å². The summed E-state index contributed by atoms with van der Waals surface area (Å²) in [4.78, 5) is 6.81. The minimum Gasteiger partial charge on any atom is -0.382 e. The van der Waals surface area contributed by atoms with Gasteiger partial charge in [-0.25, -0.2) is 4.98 Å². The molecule has 0 fully saturated rings. The average molecular weight is 292 g/mol. The van der Waals surface area contributed by atoms with Gasteiger partial charge in [-0.3, -0.25) is 0 Å². The molecule has 1 unspecified atom stereocenters. The molecule has 1 aromatic rings. The Balaban J connectivity index is 2.35. The number of hydrogen-bond donors (Lipinski definition) is 2. The first kappa shape index (κ1) is 17.8. The Labute approximate surface area is 130 Å². The summed E-state index contributed by atoms with van der Waals surface area (Å²) in [7, 11) is 0. The van der Waals surface area contributed by atoms with Crippen LogP contribution >= 0.6 is 0 Å². The smallest absolute Gasteiger partial charge is 0.127 e. The van der Waals surface area contributed by atoms with Gasteiger partial charge in [-0.05, 0) is 51.9 Å². The molecule has 4 heteroatoms. The van der Waals surface area contributed by atoms with Gasteiger partial charge in [0.05, 0.1) is 0 Å². The van der Waals surface area contributed by atoms with Crippen LogP contribution in [0, 0.1) is 0 Å². The van der Waals surface area contributed by atoms with Gasteiger partial charge in [-0.1, -0.05) is 20.8 Å². The maximum Gasteiger partial charge on any atom is 0.127 e. The molecule has 0 aromatic carbocycles. The standard InChI is InChI=1S/C17H32N4/c1-5-11-18-17-14-16(10-12-19-17)20-15(4)9-8-13-21(6-2)7-3/h10,12,14-15H,5-9,11,13H2,1-4H3,(H2,18,19,20). The second kappa shape index (κ2) is 10.4. The van der Waals surface area contributed by atoms with Crippen LogP contribution in [0.25, 0.3) is 0 Å². The molecule has 0 bridgehead atoms. The summed E-state index contributed by atoms with van der Waals surface area (Å²) < 4.78 is 0. The first-order valence-electron chi connectivity index (χ1n) is 8.38. The highest BCUT2D eigenvalue weighted by Gasteiger charge is 2.05. The van der Waals surface area contributed by atoms with Crippen LogP contribution in [0.5, 0.6) is 0 Å². The fourth-order valence-electron chi connectivity index (χ4n) is 2.39. The summed E-state index contributed by atoms with van der Waals surface area (Å²) in [5.74, 6) is 0.956. The van der Waals surface area contributed by atoms with Crippen molar-refractivity contribution in [2.75, 3.05) is 36.8 Å². The molecule has 0 saturated heterocycles. The summed E-state index contributed by atoms with van der Waals surface area (Å²) in [5, 5.41) is 6.89. The Hall–Kier alpha value is -1.29. The molecule has 0 saturated carbocycles. The lowest BCUT2D eigenvalue weighted by atomic mass is 10.1. The molecule has 120 valence electrons. The van der Waals surface area contributed by atoms with E-state index in [0.717, 1.165) is 37.6 Å². The zero-order chi connectivity index (χ0) is 15.5. The number of pyridine rings is 1. The maximum atomic E-state index is 4.33. The molecule has 0 spiro atoms. The summed E-state index contributed by atoms with van der Waals surface area (Å²) in [6.45, 7) is 13.3. The van der Waals surface area contributed by atoms with E-state index in [9.17, 15) is 0 Å². The Morgan fingerprint density at radius 1 is 1.24 bits per heavy atom. The molecule has 0 radical (unpaired) electrons. The molecule has 0 amide bonds. The van der Waals surface area contributed by atoms with Crippen LogP contribution < -0.4 is 10.6 Å². The number of aromatic nitrogens is 1. The number of nitrogens with one attached hydrogen (secondary N) is 2. The fourth-order valence-corrected chi connectivity index (χ4v) is 2.39. The Bertz CT molecular complexity index is 377. The highest BCUT2D eigenvalue weighted by atomic mass is 15.1. The Morgan fingerprint density at radius 3 is 2.67 bits per heavy atom. The maximum absolute atomic E-state index is 4.33. The van der Waals surface area contributed by atoms with Crippen LogP contribution in [0.3, 0.4) is 0 Å². The van der Waals surface area contributed by atoms with E-state index < -0.39 is 0 Å². The first-order valence-corrected chi connectivity index (χ1v) is 8.38. The van der Waals surface area contributed by atoms with Crippen molar-refractivity contribution in [2.45, 2.75) is 53.0 Å².